The second-order valence-electron chi connectivity index (χ2n) is 3.36. The third-order valence-corrected chi connectivity index (χ3v) is 2.12. The Balaban J connectivity index is 2.20. The molecule has 0 bridgehead atoms. The van der Waals surface area contributed by atoms with Gasteiger partial charge in [0.25, 0.3) is 0 Å². The van der Waals surface area contributed by atoms with Gasteiger partial charge in [-0.1, -0.05) is 0 Å². The predicted octanol–water partition coefficient (Wildman–Crippen LogP) is -0.801. The molecule has 0 aromatic heterocycles. The molecule has 0 aromatic rings. The van der Waals surface area contributed by atoms with E-state index in [1.54, 1.807) is 0 Å². The van der Waals surface area contributed by atoms with Crippen molar-refractivity contribution in [2.75, 3.05) is 46.9 Å². The van der Waals surface area contributed by atoms with Crippen LogP contribution in [0.4, 0.5) is 0 Å². The van der Waals surface area contributed by atoms with E-state index in [0.717, 1.165) is 32.8 Å². The molecule has 1 aliphatic heterocycles. The molecule has 1 aliphatic rings. The van der Waals surface area contributed by atoms with E-state index in [4.69, 9.17) is 4.74 Å². The molecule has 1 N–H and O–H groups in total. The van der Waals surface area contributed by atoms with E-state index < -0.39 is 0 Å². The summed E-state index contributed by atoms with van der Waals surface area (Å²) in [7, 11) is 3.76. The van der Waals surface area contributed by atoms with Gasteiger partial charge in [-0.25, -0.2) is 0 Å². The molecular weight excluding hydrogens is 156 g/mol. The van der Waals surface area contributed by atoms with Gasteiger partial charge in [0.2, 0.25) is 0 Å². The fourth-order valence-electron chi connectivity index (χ4n) is 1.18. The number of aliphatic hydroxyl groups is 1. The van der Waals surface area contributed by atoms with Gasteiger partial charge in [0.15, 0.2) is 0 Å². The fraction of sp³-hybridized carbons (Fsp3) is 1.00. The number of β-amino-alcohol motifs (C(OH)–C–C–N with tert-alkyl or cyclic N) is 1. The maximum Gasteiger partial charge on any atom is 0.119 e. The van der Waals surface area contributed by atoms with Crippen LogP contribution < -0.4 is 0 Å². The highest BCUT2D eigenvalue weighted by molar-refractivity contribution is 4.65. The number of nitrogens with zero attached hydrogens (tertiary/aromatic N) is 2. The molecule has 1 heterocycles. The number of hydrogen-bond donors (Lipinski definition) is 1. The Bertz CT molecular complexity index is 124. The molecule has 0 spiro atoms. The van der Waals surface area contributed by atoms with Crippen molar-refractivity contribution in [1.29, 1.82) is 0 Å². The molecule has 1 saturated heterocycles. The van der Waals surface area contributed by atoms with Crippen molar-refractivity contribution in [3.05, 3.63) is 0 Å². The molecule has 4 nitrogen and oxygen atoms in total. The zero-order chi connectivity index (χ0) is 8.97. The zero-order valence-electron chi connectivity index (χ0n) is 7.86. The van der Waals surface area contributed by atoms with Crippen LogP contribution in [0.2, 0.25) is 0 Å². The summed E-state index contributed by atoms with van der Waals surface area (Å²) >= 11 is 0. The molecule has 1 unspecified atom stereocenters. The molecular formula is C8H18N2O2. The van der Waals surface area contributed by atoms with Crippen molar-refractivity contribution in [3.8, 4) is 0 Å². The van der Waals surface area contributed by atoms with Gasteiger partial charge in [-0.05, 0) is 14.1 Å². The lowest BCUT2D eigenvalue weighted by atomic mass is 10.4. The molecule has 4 heteroatoms. The Morgan fingerprint density at radius 1 is 1.42 bits per heavy atom. The first kappa shape index (κ1) is 9.92. The van der Waals surface area contributed by atoms with Gasteiger partial charge in [-0.3, -0.25) is 9.80 Å². The van der Waals surface area contributed by atoms with Crippen LogP contribution in [-0.2, 0) is 4.74 Å². The van der Waals surface area contributed by atoms with Crippen LogP contribution in [0.1, 0.15) is 0 Å². The van der Waals surface area contributed by atoms with Crippen molar-refractivity contribution in [1.82, 2.24) is 9.80 Å². The largest absolute Gasteiger partial charge is 0.379 e. The molecule has 1 rings (SSSR count). The Hall–Kier alpha value is -0.160. The average Bonchev–Trinajstić information content (AvgIpc) is 2.06. The number of likely N-dealkylation sites (N-methyl/N-ethyl adjacent to an activating group) is 1. The number of morpholine rings is 1. The SMILES string of the molecule is CN(C)C(O)CN1CCOCC1. The van der Waals surface area contributed by atoms with Crippen LogP contribution in [0.25, 0.3) is 0 Å². The maximum absolute atomic E-state index is 9.52. The topological polar surface area (TPSA) is 35.9 Å². The summed E-state index contributed by atoms with van der Waals surface area (Å²) in [5.41, 5.74) is 0. The summed E-state index contributed by atoms with van der Waals surface area (Å²) < 4.78 is 5.20. The molecule has 72 valence electrons. The third kappa shape index (κ3) is 3.06. The van der Waals surface area contributed by atoms with Crippen LogP contribution in [0.3, 0.4) is 0 Å². The maximum atomic E-state index is 9.52. The minimum Gasteiger partial charge on any atom is -0.379 e. The highest BCUT2D eigenvalue weighted by Gasteiger charge is 2.15. The minimum atomic E-state index is -0.358. The lowest BCUT2D eigenvalue weighted by Crippen LogP contribution is -2.45. The second kappa shape index (κ2) is 4.77. The summed E-state index contributed by atoms with van der Waals surface area (Å²) in [6.45, 7) is 4.17. The van der Waals surface area contributed by atoms with Gasteiger partial charge in [0, 0.05) is 19.6 Å². The molecule has 0 amide bonds. The Labute approximate surface area is 73.7 Å². The first-order valence-electron chi connectivity index (χ1n) is 4.35. The average molecular weight is 174 g/mol. The van der Waals surface area contributed by atoms with Crippen LogP contribution >= 0.6 is 0 Å². The van der Waals surface area contributed by atoms with Crippen molar-refractivity contribution in [2.45, 2.75) is 6.23 Å². The minimum absolute atomic E-state index is 0.358. The van der Waals surface area contributed by atoms with E-state index in [-0.39, 0.29) is 6.23 Å². The van der Waals surface area contributed by atoms with Crippen molar-refractivity contribution >= 4 is 0 Å². The summed E-state index contributed by atoms with van der Waals surface area (Å²) in [4.78, 5) is 4.03. The highest BCUT2D eigenvalue weighted by atomic mass is 16.5. The van der Waals surface area contributed by atoms with Crippen molar-refractivity contribution < 1.29 is 9.84 Å². The van der Waals surface area contributed by atoms with Gasteiger partial charge in [-0.15, -0.1) is 0 Å². The number of rotatable bonds is 3. The standard InChI is InChI=1S/C8H18N2O2/c1-9(2)8(11)7-10-3-5-12-6-4-10/h8,11H,3-7H2,1-2H3. The summed E-state index contributed by atoms with van der Waals surface area (Å²) in [5.74, 6) is 0. The van der Waals surface area contributed by atoms with Crippen LogP contribution in [-0.4, -0.2) is 68.1 Å². The van der Waals surface area contributed by atoms with Crippen LogP contribution in [0.5, 0.6) is 0 Å². The predicted molar refractivity (Wildman–Crippen MR) is 47.0 cm³/mol. The number of aliphatic hydroxyl groups excluding tert-OH is 1. The summed E-state index contributed by atoms with van der Waals surface area (Å²) in [6.07, 6.45) is -0.358. The van der Waals surface area contributed by atoms with E-state index in [2.05, 4.69) is 4.90 Å². The second-order valence-corrected chi connectivity index (χ2v) is 3.36. The normalized spacial score (nSPS) is 23.0. The first-order chi connectivity index (χ1) is 5.70. The number of hydrogen-bond acceptors (Lipinski definition) is 4. The van der Waals surface area contributed by atoms with Gasteiger partial charge in [0.05, 0.1) is 13.2 Å². The van der Waals surface area contributed by atoms with Gasteiger partial charge >= 0.3 is 0 Å². The Morgan fingerprint density at radius 3 is 2.50 bits per heavy atom. The molecule has 0 radical (unpaired) electrons. The highest BCUT2D eigenvalue weighted by Crippen LogP contribution is 1.99. The quantitative estimate of drug-likeness (QED) is 0.568. The zero-order valence-corrected chi connectivity index (χ0v) is 7.86. The van der Waals surface area contributed by atoms with E-state index in [1.807, 2.05) is 19.0 Å². The third-order valence-electron chi connectivity index (χ3n) is 2.12. The van der Waals surface area contributed by atoms with Crippen LogP contribution in [0, 0.1) is 0 Å². The summed E-state index contributed by atoms with van der Waals surface area (Å²) in [6, 6.07) is 0. The fourth-order valence-corrected chi connectivity index (χ4v) is 1.18. The van der Waals surface area contributed by atoms with Crippen LogP contribution in [0.15, 0.2) is 0 Å². The monoisotopic (exact) mass is 174 g/mol. The van der Waals surface area contributed by atoms with E-state index in [0.29, 0.717) is 0 Å². The van der Waals surface area contributed by atoms with E-state index in [1.165, 1.54) is 0 Å². The molecule has 1 fully saturated rings. The first-order valence-corrected chi connectivity index (χ1v) is 4.35. The van der Waals surface area contributed by atoms with E-state index in [9.17, 15) is 5.11 Å². The van der Waals surface area contributed by atoms with E-state index >= 15 is 0 Å². The molecule has 0 saturated carbocycles. The van der Waals surface area contributed by atoms with Crippen molar-refractivity contribution in [3.63, 3.8) is 0 Å². The van der Waals surface area contributed by atoms with Gasteiger partial charge in [0.1, 0.15) is 6.23 Å². The molecule has 12 heavy (non-hydrogen) atoms. The molecule has 1 atom stereocenters. The Kier molecular flexibility index (Phi) is 3.94. The summed E-state index contributed by atoms with van der Waals surface area (Å²) in [5, 5.41) is 9.52. The smallest absolute Gasteiger partial charge is 0.119 e. The number of ether oxygens (including phenoxy) is 1. The Morgan fingerprint density at radius 2 is 2.00 bits per heavy atom. The van der Waals surface area contributed by atoms with Gasteiger partial charge < -0.3 is 9.84 Å². The molecule has 0 aromatic carbocycles. The van der Waals surface area contributed by atoms with Gasteiger partial charge in [-0.2, -0.15) is 0 Å². The lowest BCUT2D eigenvalue weighted by molar-refractivity contribution is -0.0256. The lowest BCUT2D eigenvalue weighted by Gasteiger charge is -2.30. The molecule has 0 aliphatic carbocycles. The van der Waals surface area contributed by atoms with Crippen molar-refractivity contribution in [2.24, 2.45) is 0 Å².